The first-order valence-corrected chi connectivity index (χ1v) is 9.51. The van der Waals surface area contributed by atoms with Gasteiger partial charge in [0.1, 0.15) is 8.07 Å². The summed E-state index contributed by atoms with van der Waals surface area (Å²) in [5.74, 6) is -1.97. The molecule has 0 spiro atoms. The number of benzene rings is 2. The van der Waals surface area contributed by atoms with Gasteiger partial charge in [-0.2, -0.15) is 0 Å². The van der Waals surface area contributed by atoms with E-state index in [9.17, 15) is 19.8 Å². The van der Waals surface area contributed by atoms with E-state index in [-0.39, 0.29) is 11.1 Å². The lowest BCUT2D eigenvalue weighted by Gasteiger charge is -2.26. The van der Waals surface area contributed by atoms with Gasteiger partial charge in [0.05, 0.1) is 11.1 Å². The average Bonchev–Trinajstić information content (AvgIpc) is 2.47. The Hall–Kier alpha value is -2.40. The summed E-state index contributed by atoms with van der Waals surface area (Å²) >= 11 is 0. The summed E-state index contributed by atoms with van der Waals surface area (Å²) in [5.41, 5.74) is 0.490. The Labute approximate surface area is 123 Å². The minimum Gasteiger partial charge on any atom is -0.478 e. The van der Waals surface area contributed by atoms with E-state index in [2.05, 4.69) is 0 Å². The standard InChI is InChI=1S/C16H16O4Si/c1-21(2,13-9-5-3-7-11(13)15(17)18)14-10-6-4-8-12(14)16(19)20/h3-10H,1-2H3,(H,17,18)(H,19,20). The molecule has 0 radical (unpaired) electrons. The molecule has 0 aromatic heterocycles. The van der Waals surface area contributed by atoms with Crippen molar-refractivity contribution in [3.63, 3.8) is 0 Å². The van der Waals surface area contributed by atoms with Gasteiger partial charge in [0.15, 0.2) is 0 Å². The first-order valence-electron chi connectivity index (χ1n) is 6.51. The van der Waals surface area contributed by atoms with Crippen molar-refractivity contribution < 1.29 is 19.8 Å². The van der Waals surface area contributed by atoms with Crippen molar-refractivity contribution in [2.75, 3.05) is 0 Å². The van der Waals surface area contributed by atoms with Gasteiger partial charge in [-0.25, -0.2) is 9.59 Å². The number of hydrogen-bond acceptors (Lipinski definition) is 2. The molecule has 2 rings (SSSR count). The zero-order valence-electron chi connectivity index (χ0n) is 11.8. The monoisotopic (exact) mass is 300 g/mol. The van der Waals surface area contributed by atoms with Crippen molar-refractivity contribution >= 4 is 30.4 Å². The third-order valence-corrected chi connectivity index (χ3v) is 7.23. The summed E-state index contributed by atoms with van der Waals surface area (Å²) in [5, 5.41) is 20.2. The van der Waals surface area contributed by atoms with E-state index >= 15 is 0 Å². The van der Waals surface area contributed by atoms with Crippen molar-refractivity contribution in [2.24, 2.45) is 0 Å². The summed E-state index contributed by atoms with van der Waals surface area (Å²) < 4.78 is 0. The first kappa shape index (κ1) is 15.0. The van der Waals surface area contributed by atoms with Crippen LogP contribution in [0.5, 0.6) is 0 Å². The van der Waals surface area contributed by atoms with Crippen molar-refractivity contribution in [2.45, 2.75) is 13.1 Å². The number of rotatable bonds is 4. The van der Waals surface area contributed by atoms with Crippen molar-refractivity contribution in [1.82, 2.24) is 0 Å². The molecule has 2 aromatic carbocycles. The summed E-state index contributed by atoms with van der Waals surface area (Å²) in [7, 11) is -2.43. The van der Waals surface area contributed by atoms with Gasteiger partial charge < -0.3 is 10.2 Å². The Morgan fingerprint density at radius 2 is 1.10 bits per heavy atom. The van der Waals surface area contributed by atoms with Gasteiger partial charge >= 0.3 is 11.9 Å². The van der Waals surface area contributed by atoms with Crippen LogP contribution < -0.4 is 10.4 Å². The van der Waals surface area contributed by atoms with Crippen LogP contribution in [0.3, 0.4) is 0 Å². The van der Waals surface area contributed by atoms with E-state index in [1.807, 2.05) is 13.1 Å². The van der Waals surface area contributed by atoms with Gasteiger partial charge in [0.2, 0.25) is 0 Å². The van der Waals surface area contributed by atoms with Crippen molar-refractivity contribution in [3.05, 3.63) is 59.7 Å². The zero-order chi connectivity index (χ0) is 15.6. The van der Waals surface area contributed by atoms with Crippen molar-refractivity contribution in [3.8, 4) is 0 Å². The fourth-order valence-corrected chi connectivity index (χ4v) is 5.62. The topological polar surface area (TPSA) is 74.6 Å². The summed E-state index contributed by atoms with van der Waals surface area (Å²) in [6.45, 7) is 3.94. The molecule has 0 amide bonds. The molecule has 0 atom stereocenters. The molecular formula is C16H16O4Si. The van der Waals surface area contributed by atoms with E-state index in [0.717, 1.165) is 10.4 Å². The highest BCUT2D eigenvalue weighted by molar-refractivity contribution is 7.01. The molecular weight excluding hydrogens is 284 g/mol. The van der Waals surface area contributed by atoms with Crippen molar-refractivity contribution in [1.29, 1.82) is 0 Å². The summed E-state index contributed by atoms with van der Waals surface area (Å²) in [6.07, 6.45) is 0. The quantitative estimate of drug-likeness (QED) is 0.846. The highest BCUT2D eigenvalue weighted by atomic mass is 28.3. The number of carboxylic acid groups (broad SMARTS) is 2. The van der Waals surface area contributed by atoms with Crippen LogP contribution in [0, 0.1) is 0 Å². The lowest BCUT2D eigenvalue weighted by Crippen LogP contribution is -2.56. The first-order chi connectivity index (χ1) is 9.85. The molecule has 0 heterocycles. The highest BCUT2D eigenvalue weighted by Gasteiger charge is 2.33. The molecule has 4 nitrogen and oxygen atoms in total. The lowest BCUT2D eigenvalue weighted by molar-refractivity contribution is 0.0688. The van der Waals surface area contributed by atoms with E-state index in [4.69, 9.17) is 0 Å². The third-order valence-electron chi connectivity index (χ3n) is 3.66. The molecule has 5 heteroatoms. The Bertz CT molecular complexity index is 647. The normalized spacial score (nSPS) is 11.1. The number of carboxylic acids is 2. The summed E-state index contributed by atoms with van der Waals surface area (Å²) in [4.78, 5) is 22.8. The lowest BCUT2D eigenvalue weighted by atomic mass is 10.2. The zero-order valence-corrected chi connectivity index (χ0v) is 12.8. The number of carbonyl (C=O) groups is 2. The molecule has 0 bridgehead atoms. The predicted octanol–water partition coefficient (Wildman–Crippen LogP) is 1.91. The molecule has 21 heavy (non-hydrogen) atoms. The van der Waals surface area contributed by atoms with E-state index in [1.54, 1.807) is 48.5 Å². The second-order valence-corrected chi connectivity index (χ2v) is 9.65. The highest BCUT2D eigenvalue weighted by Crippen LogP contribution is 2.12. The maximum Gasteiger partial charge on any atom is 0.335 e. The van der Waals surface area contributed by atoms with Gasteiger partial charge in [0.25, 0.3) is 0 Å². The van der Waals surface area contributed by atoms with Gasteiger partial charge in [-0.05, 0) is 22.5 Å². The van der Waals surface area contributed by atoms with Gasteiger partial charge in [-0.15, -0.1) is 0 Å². The van der Waals surface area contributed by atoms with Crippen LogP contribution in [0.2, 0.25) is 13.1 Å². The fourth-order valence-electron chi connectivity index (χ4n) is 2.57. The Kier molecular flexibility index (Phi) is 3.95. The Morgan fingerprint density at radius 1 is 0.762 bits per heavy atom. The SMILES string of the molecule is C[Si](C)(c1ccccc1C(=O)O)c1ccccc1C(=O)O. The minimum atomic E-state index is -2.43. The summed E-state index contributed by atoms with van der Waals surface area (Å²) in [6, 6.07) is 13.6. The maximum absolute atomic E-state index is 11.4. The van der Waals surface area contributed by atoms with E-state index in [1.165, 1.54) is 0 Å². The van der Waals surface area contributed by atoms with Crippen LogP contribution in [-0.4, -0.2) is 30.2 Å². The fraction of sp³-hybridized carbons (Fsp3) is 0.125. The van der Waals surface area contributed by atoms with Gasteiger partial charge in [-0.1, -0.05) is 49.5 Å². The predicted molar refractivity (Wildman–Crippen MR) is 83.6 cm³/mol. The number of hydrogen-bond donors (Lipinski definition) is 2. The molecule has 0 fully saturated rings. The molecule has 0 saturated carbocycles. The van der Waals surface area contributed by atoms with Crippen LogP contribution in [0.4, 0.5) is 0 Å². The molecule has 0 saturated heterocycles. The maximum atomic E-state index is 11.4. The average molecular weight is 300 g/mol. The molecule has 2 N–H and O–H groups in total. The smallest absolute Gasteiger partial charge is 0.335 e. The van der Waals surface area contributed by atoms with Crippen LogP contribution in [0.25, 0.3) is 0 Å². The minimum absolute atomic E-state index is 0.245. The second kappa shape index (κ2) is 5.53. The molecule has 108 valence electrons. The Morgan fingerprint density at radius 3 is 1.43 bits per heavy atom. The van der Waals surface area contributed by atoms with Crippen LogP contribution in [-0.2, 0) is 0 Å². The van der Waals surface area contributed by atoms with Gasteiger partial charge in [0, 0.05) is 0 Å². The van der Waals surface area contributed by atoms with E-state index < -0.39 is 20.0 Å². The Balaban J connectivity index is 2.69. The van der Waals surface area contributed by atoms with E-state index in [0.29, 0.717) is 0 Å². The van der Waals surface area contributed by atoms with Crippen LogP contribution in [0.1, 0.15) is 20.7 Å². The van der Waals surface area contributed by atoms with Crippen LogP contribution in [0.15, 0.2) is 48.5 Å². The second-order valence-electron chi connectivity index (χ2n) is 5.33. The molecule has 0 aliphatic heterocycles. The van der Waals surface area contributed by atoms with Gasteiger partial charge in [-0.3, -0.25) is 0 Å². The van der Waals surface area contributed by atoms with Crippen LogP contribution >= 0.6 is 0 Å². The molecule has 0 aliphatic rings. The third kappa shape index (κ3) is 2.73. The number of aromatic carboxylic acids is 2. The molecule has 2 aromatic rings. The molecule has 0 aliphatic carbocycles. The largest absolute Gasteiger partial charge is 0.478 e. The molecule has 0 unspecified atom stereocenters.